The van der Waals surface area contributed by atoms with Crippen molar-refractivity contribution in [3.05, 3.63) is 23.7 Å². The quantitative estimate of drug-likeness (QED) is 0.406. The summed E-state index contributed by atoms with van der Waals surface area (Å²) in [5, 5.41) is 18.6. The van der Waals surface area contributed by atoms with E-state index in [0.29, 0.717) is 18.6 Å². The summed E-state index contributed by atoms with van der Waals surface area (Å²) in [6.45, 7) is 2.25. The van der Waals surface area contributed by atoms with Crippen molar-refractivity contribution in [2.75, 3.05) is 0 Å². The zero-order chi connectivity index (χ0) is 17.6. The van der Waals surface area contributed by atoms with E-state index >= 15 is 0 Å². The molecule has 138 valence electrons. The molecule has 2 N–H and O–H groups in total. The molecule has 0 aromatic carbocycles. The maximum atomic E-state index is 10.5. The Labute approximate surface area is 146 Å². The molecule has 0 aliphatic rings. The van der Waals surface area contributed by atoms with E-state index in [1.54, 1.807) is 0 Å². The first-order valence-electron chi connectivity index (χ1n) is 9.62. The summed E-state index contributed by atoms with van der Waals surface area (Å²) in [6.07, 6.45) is 12.9. The Kier molecular flexibility index (Phi) is 11.3. The molecule has 1 atom stereocenters. The maximum Gasteiger partial charge on any atom is 0.303 e. The molecule has 0 amide bonds. The van der Waals surface area contributed by atoms with Gasteiger partial charge in [0.15, 0.2) is 0 Å². The molecule has 0 bridgehead atoms. The average molecular weight is 338 g/mol. The van der Waals surface area contributed by atoms with E-state index in [0.717, 1.165) is 18.6 Å². The lowest BCUT2D eigenvalue weighted by molar-refractivity contribution is -0.137. The Morgan fingerprint density at radius 1 is 1.00 bits per heavy atom. The normalized spacial score (nSPS) is 12.4. The van der Waals surface area contributed by atoms with Gasteiger partial charge in [-0.15, -0.1) is 0 Å². The molecule has 1 aromatic rings. The zero-order valence-electron chi connectivity index (χ0n) is 15.1. The van der Waals surface area contributed by atoms with Gasteiger partial charge in [0.05, 0.1) is 0 Å². The topological polar surface area (TPSA) is 70.7 Å². The van der Waals surface area contributed by atoms with Gasteiger partial charge in [-0.2, -0.15) is 0 Å². The number of carboxylic acid groups (broad SMARTS) is 1. The van der Waals surface area contributed by atoms with E-state index in [1.807, 2.05) is 12.1 Å². The third-order valence-corrected chi connectivity index (χ3v) is 4.41. The number of aryl methyl sites for hydroxylation is 1. The van der Waals surface area contributed by atoms with Crippen LogP contribution in [0.25, 0.3) is 0 Å². The summed E-state index contributed by atoms with van der Waals surface area (Å²) in [5.41, 5.74) is 0. The third-order valence-electron chi connectivity index (χ3n) is 4.41. The molecular formula is C20H34O4. The van der Waals surface area contributed by atoms with Gasteiger partial charge >= 0.3 is 5.97 Å². The van der Waals surface area contributed by atoms with Crippen LogP contribution in [0.15, 0.2) is 16.5 Å². The molecule has 0 aliphatic heterocycles. The van der Waals surface area contributed by atoms with Crippen molar-refractivity contribution in [3.8, 4) is 0 Å². The highest BCUT2D eigenvalue weighted by molar-refractivity contribution is 5.66. The highest BCUT2D eigenvalue weighted by Gasteiger charge is 2.13. The number of aliphatic hydroxyl groups excluding tert-OH is 1. The fourth-order valence-corrected chi connectivity index (χ4v) is 2.91. The van der Waals surface area contributed by atoms with Gasteiger partial charge in [0.25, 0.3) is 0 Å². The fourth-order valence-electron chi connectivity index (χ4n) is 2.91. The largest absolute Gasteiger partial charge is 0.481 e. The fraction of sp³-hybridized carbons (Fsp3) is 0.750. The summed E-state index contributed by atoms with van der Waals surface area (Å²) < 4.78 is 5.68. The van der Waals surface area contributed by atoms with Gasteiger partial charge in [-0.1, -0.05) is 58.3 Å². The van der Waals surface area contributed by atoms with E-state index in [9.17, 15) is 9.90 Å². The maximum absolute atomic E-state index is 10.5. The number of carboxylic acids is 1. The molecule has 0 fully saturated rings. The number of aliphatic hydroxyl groups is 1. The van der Waals surface area contributed by atoms with Crippen LogP contribution in [0.1, 0.15) is 102 Å². The van der Waals surface area contributed by atoms with Gasteiger partial charge in [-0.05, 0) is 31.4 Å². The summed E-state index contributed by atoms with van der Waals surface area (Å²) >= 11 is 0. The monoisotopic (exact) mass is 338 g/mol. The number of unbranched alkanes of at least 4 members (excludes halogenated alkanes) is 8. The van der Waals surface area contributed by atoms with Gasteiger partial charge in [-0.25, -0.2) is 0 Å². The number of hydrogen-bond acceptors (Lipinski definition) is 3. The van der Waals surface area contributed by atoms with E-state index in [-0.39, 0.29) is 6.42 Å². The Bertz CT molecular complexity index is 439. The van der Waals surface area contributed by atoms with Crippen LogP contribution >= 0.6 is 0 Å². The van der Waals surface area contributed by atoms with Crippen LogP contribution in [0.2, 0.25) is 0 Å². The molecule has 1 aromatic heterocycles. The Hall–Kier alpha value is -1.29. The predicted octanol–water partition coefficient (Wildman–Crippen LogP) is 5.64. The number of furan rings is 1. The van der Waals surface area contributed by atoms with Gasteiger partial charge in [-0.3, -0.25) is 4.79 Å². The van der Waals surface area contributed by atoms with Gasteiger partial charge < -0.3 is 14.6 Å². The van der Waals surface area contributed by atoms with Crippen molar-refractivity contribution < 1.29 is 19.4 Å². The summed E-state index contributed by atoms with van der Waals surface area (Å²) in [7, 11) is 0. The minimum absolute atomic E-state index is 0.0864. The Morgan fingerprint density at radius 3 is 2.25 bits per heavy atom. The van der Waals surface area contributed by atoms with E-state index in [2.05, 4.69) is 6.92 Å². The first kappa shape index (κ1) is 20.8. The SMILES string of the molecule is CCCCCCCCCCCc1ccc(C(O)CCCC(=O)O)o1. The van der Waals surface area contributed by atoms with Crippen molar-refractivity contribution in [1.29, 1.82) is 0 Å². The summed E-state index contributed by atoms with van der Waals surface area (Å²) in [5.74, 6) is 0.657. The second-order valence-corrected chi connectivity index (χ2v) is 6.68. The molecule has 4 nitrogen and oxygen atoms in total. The van der Waals surface area contributed by atoms with Crippen molar-refractivity contribution in [2.45, 2.75) is 96.5 Å². The van der Waals surface area contributed by atoms with Crippen LogP contribution in [-0.4, -0.2) is 16.2 Å². The lowest BCUT2D eigenvalue weighted by Gasteiger charge is -2.06. The molecule has 0 spiro atoms. The molecule has 1 heterocycles. The van der Waals surface area contributed by atoms with Crippen LogP contribution < -0.4 is 0 Å². The molecule has 0 aliphatic carbocycles. The molecule has 1 rings (SSSR count). The Balaban J connectivity index is 2.08. The first-order chi connectivity index (χ1) is 11.6. The minimum atomic E-state index is -0.826. The van der Waals surface area contributed by atoms with Gasteiger partial charge in [0, 0.05) is 12.8 Å². The van der Waals surface area contributed by atoms with Crippen molar-refractivity contribution in [3.63, 3.8) is 0 Å². The predicted molar refractivity (Wildman–Crippen MR) is 96.1 cm³/mol. The van der Waals surface area contributed by atoms with Crippen molar-refractivity contribution in [1.82, 2.24) is 0 Å². The summed E-state index contributed by atoms with van der Waals surface area (Å²) in [4.78, 5) is 10.5. The van der Waals surface area contributed by atoms with Gasteiger partial charge in [0.2, 0.25) is 0 Å². The molecule has 0 saturated carbocycles. The van der Waals surface area contributed by atoms with Crippen LogP contribution in [-0.2, 0) is 11.2 Å². The number of hydrogen-bond donors (Lipinski definition) is 2. The molecular weight excluding hydrogens is 304 g/mol. The van der Waals surface area contributed by atoms with E-state index < -0.39 is 12.1 Å². The molecule has 1 unspecified atom stereocenters. The van der Waals surface area contributed by atoms with E-state index in [1.165, 1.54) is 51.4 Å². The molecule has 0 saturated heterocycles. The third kappa shape index (κ3) is 9.76. The highest BCUT2D eigenvalue weighted by Crippen LogP contribution is 2.22. The number of aliphatic carboxylic acids is 1. The van der Waals surface area contributed by atoms with Crippen LogP contribution in [0.3, 0.4) is 0 Å². The second kappa shape index (κ2) is 13.1. The van der Waals surface area contributed by atoms with Crippen LogP contribution in [0.5, 0.6) is 0 Å². The number of rotatable bonds is 15. The zero-order valence-corrected chi connectivity index (χ0v) is 15.1. The van der Waals surface area contributed by atoms with Gasteiger partial charge in [0.1, 0.15) is 17.6 Å². The summed E-state index contributed by atoms with van der Waals surface area (Å²) in [6, 6.07) is 3.75. The van der Waals surface area contributed by atoms with E-state index in [4.69, 9.17) is 9.52 Å². The average Bonchev–Trinajstić information content (AvgIpc) is 3.02. The highest BCUT2D eigenvalue weighted by atomic mass is 16.4. The molecule has 24 heavy (non-hydrogen) atoms. The lowest BCUT2D eigenvalue weighted by atomic mass is 10.1. The number of carbonyl (C=O) groups is 1. The minimum Gasteiger partial charge on any atom is -0.481 e. The first-order valence-corrected chi connectivity index (χ1v) is 9.62. The van der Waals surface area contributed by atoms with Crippen LogP contribution in [0.4, 0.5) is 0 Å². The van der Waals surface area contributed by atoms with Crippen molar-refractivity contribution >= 4 is 5.97 Å². The van der Waals surface area contributed by atoms with Crippen LogP contribution in [0, 0.1) is 0 Å². The Morgan fingerprint density at radius 2 is 1.62 bits per heavy atom. The standard InChI is InChI=1S/C20H34O4/c1-2-3-4-5-6-7-8-9-10-12-17-15-16-19(24-17)18(21)13-11-14-20(22)23/h15-16,18,21H,2-14H2,1H3,(H,22,23). The molecule has 4 heteroatoms. The smallest absolute Gasteiger partial charge is 0.303 e. The molecule has 0 radical (unpaired) electrons. The second-order valence-electron chi connectivity index (χ2n) is 6.68. The van der Waals surface area contributed by atoms with Crippen molar-refractivity contribution in [2.24, 2.45) is 0 Å². The lowest BCUT2D eigenvalue weighted by Crippen LogP contribution is -1.99.